The molecule has 4 aromatic rings. The summed E-state index contributed by atoms with van der Waals surface area (Å²) in [5, 5.41) is 2.83. The molecule has 7 nitrogen and oxygen atoms in total. The molecule has 4 rings (SSSR count). The maximum absolute atomic E-state index is 12.4. The highest BCUT2D eigenvalue weighted by molar-refractivity contribution is 5.92. The SMILES string of the molecule is Cc1cccn2c(=O)cc(COc3cccc(NC(=O)COc4ccccc4C(C)C)c3)nc12. The molecule has 1 N–H and O–H groups in total. The molecule has 0 spiro atoms. The third kappa shape index (κ3) is 5.43. The summed E-state index contributed by atoms with van der Waals surface area (Å²) in [4.78, 5) is 29.3. The molecule has 0 radical (unpaired) electrons. The minimum atomic E-state index is -0.268. The van der Waals surface area contributed by atoms with Gasteiger partial charge in [-0.05, 0) is 48.2 Å². The minimum Gasteiger partial charge on any atom is -0.487 e. The molecule has 1 amide bonds. The lowest BCUT2D eigenvalue weighted by Crippen LogP contribution is -2.20. The van der Waals surface area contributed by atoms with Crippen molar-refractivity contribution in [2.75, 3.05) is 11.9 Å². The fourth-order valence-electron chi connectivity index (χ4n) is 3.63. The highest BCUT2D eigenvalue weighted by atomic mass is 16.5. The van der Waals surface area contributed by atoms with Gasteiger partial charge in [0.25, 0.3) is 11.5 Å². The number of aryl methyl sites for hydroxylation is 1. The summed E-state index contributed by atoms with van der Waals surface area (Å²) in [6, 6.07) is 20.0. The molecular weight excluding hydrogens is 430 g/mol. The third-order valence-electron chi connectivity index (χ3n) is 5.34. The normalized spacial score (nSPS) is 10.9. The highest BCUT2D eigenvalue weighted by Gasteiger charge is 2.10. The lowest BCUT2D eigenvalue weighted by Gasteiger charge is -2.14. The van der Waals surface area contributed by atoms with Crippen LogP contribution in [0.2, 0.25) is 0 Å². The number of rotatable bonds is 8. The van der Waals surface area contributed by atoms with Crippen molar-refractivity contribution < 1.29 is 14.3 Å². The van der Waals surface area contributed by atoms with Crippen LogP contribution in [0.5, 0.6) is 11.5 Å². The largest absolute Gasteiger partial charge is 0.487 e. The summed E-state index contributed by atoms with van der Waals surface area (Å²) in [5.41, 5.74) is 3.53. The Balaban J connectivity index is 1.38. The molecule has 174 valence electrons. The Morgan fingerprint density at radius 2 is 1.85 bits per heavy atom. The average molecular weight is 458 g/mol. The lowest BCUT2D eigenvalue weighted by atomic mass is 10.0. The molecule has 2 heterocycles. The fourth-order valence-corrected chi connectivity index (χ4v) is 3.63. The van der Waals surface area contributed by atoms with Gasteiger partial charge in [0.2, 0.25) is 0 Å². The molecule has 0 atom stereocenters. The Morgan fingerprint density at radius 1 is 1.03 bits per heavy atom. The van der Waals surface area contributed by atoms with Gasteiger partial charge in [-0.2, -0.15) is 0 Å². The number of carbonyl (C=O) groups is 1. The number of nitrogens with one attached hydrogen (secondary N) is 1. The number of benzene rings is 2. The first kappa shape index (κ1) is 23.0. The van der Waals surface area contributed by atoms with E-state index in [1.165, 1.54) is 10.5 Å². The van der Waals surface area contributed by atoms with Gasteiger partial charge in [-0.15, -0.1) is 0 Å². The predicted molar refractivity (Wildman–Crippen MR) is 132 cm³/mol. The maximum atomic E-state index is 12.4. The number of hydrogen-bond donors (Lipinski definition) is 1. The second-order valence-corrected chi connectivity index (χ2v) is 8.32. The fraction of sp³-hybridized carbons (Fsp3) is 0.222. The molecule has 0 aliphatic heterocycles. The number of hydrogen-bond acceptors (Lipinski definition) is 5. The summed E-state index contributed by atoms with van der Waals surface area (Å²) < 4.78 is 13.1. The molecule has 7 heteroatoms. The zero-order chi connectivity index (χ0) is 24.1. The quantitative estimate of drug-likeness (QED) is 0.414. The van der Waals surface area contributed by atoms with Crippen LogP contribution in [0.15, 0.2) is 77.7 Å². The standard InChI is InChI=1S/C27H27N3O4/c1-18(2)23-11-4-5-12-24(23)34-17-25(31)28-20-9-6-10-22(14-20)33-16-21-15-26(32)30-13-7-8-19(3)27(30)29-21/h4-15,18H,16-17H2,1-3H3,(H,28,31). The van der Waals surface area contributed by atoms with Crippen molar-refractivity contribution in [1.82, 2.24) is 9.38 Å². The second-order valence-electron chi connectivity index (χ2n) is 8.32. The number of amides is 1. The topological polar surface area (TPSA) is 81.9 Å². The number of fused-ring (bicyclic) bond motifs is 1. The van der Waals surface area contributed by atoms with E-state index in [1.807, 2.05) is 43.3 Å². The number of ether oxygens (including phenoxy) is 2. The molecule has 0 saturated carbocycles. The van der Waals surface area contributed by atoms with E-state index in [1.54, 1.807) is 30.5 Å². The molecule has 0 bridgehead atoms. The van der Waals surface area contributed by atoms with Crippen molar-refractivity contribution in [1.29, 1.82) is 0 Å². The van der Waals surface area contributed by atoms with Gasteiger partial charge in [-0.1, -0.05) is 44.2 Å². The Bertz CT molecular complexity index is 1380. The number of nitrogens with zero attached hydrogens (tertiary/aromatic N) is 2. The van der Waals surface area contributed by atoms with Gasteiger partial charge in [-0.25, -0.2) is 4.98 Å². The van der Waals surface area contributed by atoms with E-state index in [9.17, 15) is 9.59 Å². The Hall–Kier alpha value is -4.13. The van der Waals surface area contributed by atoms with Crippen molar-refractivity contribution in [3.63, 3.8) is 0 Å². The monoisotopic (exact) mass is 457 g/mol. The smallest absolute Gasteiger partial charge is 0.262 e. The summed E-state index contributed by atoms with van der Waals surface area (Å²) in [7, 11) is 0. The van der Waals surface area contributed by atoms with Crippen molar-refractivity contribution in [3.05, 3.63) is 100 Å². The van der Waals surface area contributed by atoms with Gasteiger partial charge >= 0.3 is 0 Å². The van der Waals surface area contributed by atoms with Crippen LogP contribution in [0, 0.1) is 6.92 Å². The number of anilines is 1. The summed E-state index contributed by atoms with van der Waals surface area (Å²) >= 11 is 0. The third-order valence-corrected chi connectivity index (χ3v) is 5.34. The van der Waals surface area contributed by atoms with Crippen molar-refractivity contribution in [2.24, 2.45) is 0 Å². The van der Waals surface area contributed by atoms with E-state index < -0.39 is 0 Å². The molecule has 2 aromatic carbocycles. The van der Waals surface area contributed by atoms with Crippen molar-refractivity contribution in [2.45, 2.75) is 33.3 Å². The van der Waals surface area contributed by atoms with E-state index in [-0.39, 0.29) is 24.7 Å². The molecule has 0 aliphatic carbocycles. The second kappa shape index (κ2) is 10.2. The van der Waals surface area contributed by atoms with Gasteiger partial charge in [0, 0.05) is 24.0 Å². The zero-order valence-electron chi connectivity index (χ0n) is 19.4. The highest BCUT2D eigenvalue weighted by Crippen LogP contribution is 2.26. The number of para-hydroxylation sites is 1. The minimum absolute atomic E-state index is 0.0981. The lowest BCUT2D eigenvalue weighted by molar-refractivity contribution is -0.118. The summed E-state index contributed by atoms with van der Waals surface area (Å²) in [5.74, 6) is 1.29. The summed E-state index contributed by atoms with van der Waals surface area (Å²) in [6.07, 6.45) is 1.69. The van der Waals surface area contributed by atoms with E-state index in [2.05, 4.69) is 24.1 Å². The Kier molecular flexibility index (Phi) is 6.92. The van der Waals surface area contributed by atoms with Crippen LogP contribution >= 0.6 is 0 Å². The van der Waals surface area contributed by atoms with Crippen LogP contribution in [0.3, 0.4) is 0 Å². The number of pyridine rings is 1. The van der Waals surface area contributed by atoms with Crippen LogP contribution in [-0.2, 0) is 11.4 Å². The molecule has 0 unspecified atom stereocenters. The van der Waals surface area contributed by atoms with Crippen LogP contribution in [0.4, 0.5) is 5.69 Å². The Morgan fingerprint density at radius 3 is 2.68 bits per heavy atom. The molecule has 0 aliphatic rings. The first-order chi connectivity index (χ1) is 16.4. The Labute approximate surface area is 198 Å². The van der Waals surface area contributed by atoms with Crippen LogP contribution in [0.25, 0.3) is 5.65 Å². The van der Waals surface area contributed by atoms with E-state index in [4.69, 9.17) is 9.47 Å². The number of carbonyl (C=O) groups excluding carboxylic acids is 1. The van der Waals surface area contributed by atoms with Crippen molar-refractivity contribution in [3.8, 4) is 11.5 Å². The van der Waals surface area contributed by atoms with Gasteiger partial charge in [0.05, 0.1) is 5.69 Å². The predicted octanol–water partition coefficient (Wildman–Crippen LogP) is 4.72. The van der Waals surface area contributed by atoms with Gasteiger partial charge in [0.15, 0.2) is 6.61 Å². The van der Waals surface area contributed by atoms with Crippen LogP contribution < -0.4 is 20.3 Å². The average Bonchev–Trinajstić information content (AvgIpc) is 2.82. The van der Waals surface area contributed by atoms with Gasteiger partial charge in [-0.3, -0.25) is 14.0 Å². The van der Waals surface area contributed by atoms with E-state index in [0.717, 1.165) is 11.1 Å². The van der Waals surface area contributed by atoms with E-state index in [0.29, 0.717) is 34.4 Å². The molecule has 34 heavy (non-hydrogen) atoms. The van der Waals surface area contributed by atoms with Crippen LogP contribution in [0.1, 0.15) is 36.6 Å². The maximum Gasteiger partial charge on any atom is 0.262 e. The molecule has 2 aromatic heterocycles. The first-order valence-electron chi connectivity index (χ1n) is 11.1. The number of aromatic nitrogens is 2. The first-order valence-corrected chi connectivity index (χ1v) is 11.1. The molecule has 0 fully saturated rings. The van der Waals surface area contributed by atoms with E-state index >= 15 is 0 Å². The van der Waals surface area contributed by atoms with Gasteiger partial charge < -0.3 is 14.8 Å². The van der Waals surface area contributed by atoms with Gasteiger partial charge in [0.1, 0.15) is 23.8 Å². The zero-order valence-corrected chi connectivity index (χ0v) is 19.4. The van der Waals surface area contributed by atoms with Crippen molar-refractivity contribution >= 4 is 17.2 Å². The molecule has 0 saturated heterocycles. The molecular formula is C27H27N3O4. The summed E-state index contributed by atoms with van der Waals surface area (Å²) in [6.45, 7) is 6.10. The van der Waals surface area contributed by atoms with Crippen LogP contribution in [-0.4, -0.2) is 21.9 Å².